The van der Waals surface area contributed by atoms with E-state index in [-0.39, 0.29) is 12.0 Å². The first-order chi connectivity index (χ1) is 13.1. The van der Waals surface area contributed by atoms with E-state index in [1.165, 1.54) is 6.08 Å². The summed E-state index contributed by atoms with van der Waals surface area (Å²) < 4.78 is 22.1. The van der Waals surface area contributed by atoms with Crippen LogP contribution in [0, 0.1) is 0 Å². The van der Waals surface area contributed by atoms with E-state index in [4.69, 9.17) is 18.9 Å². The van der Waals surface area contributed by atoms with Crippen molar-refractivity contribution in [1.82, 2.24) is 4.90 Å². The molecule has 3 rings (SSSR count). The molecular weight excluding hydrogens is 350 g/mol. The van der Waals surface area contributed by atoms with E-state index < -0.39 is 11.8 Å². The van der Waals surface area contributed by atoms with E-state index in [1.54, 1.807) is 11.0 Å². The third kappa shape index (κ3) is 5.89. The fraction of sp³-hybridized carbons (Fsp3) is 0.700. The Morgan fingerprint density at radius 2 is 2.00 bits per heavy atom. The van der Waals surface area contributed by atoms with Crippen molar-refractivity contribution >= 4 is 11.9 Å². The number of carbonyl (C=O) groups excluding carboxylic acids is 2. The third-order valence-corrected chi connectivity index (χ3v) is 5.10. The van der Waals surface area contributed by atoms with E-state index >= 15 is 0 Å². The van der Waals surface area contributed by atoms with Crippen LogP contribution in [0.15, 0.2) is 23.8 Å². The number of hydrogen-bond acceptors (Lipinski definition) is 6. The summed E-state index contributed by atoms with van der Waals surface area (Å²) in [6, 6.07) is 0. The molecule has 1 amide bonds. The number of ether oxygens (including phenoxy) is 4. The fourth-order valence-electron chi connectivity index (χ4n) is 3.59. The van der Waals surface area contributed by atoms with Gasteiger partial charge in [-0.3, -0.25) is 4.79 Å². The summed E-state index contributed by atoms with van der Waals surface area (Å²) >= 11 is 0. The van der Waals surface area contributed by atoms with E-state index in [0.29, 0.717) is 58.8 Å². The normalized spacial score (nSPS) is 23.4. The van der Waals surface area contributed by atoms with E-state index in [9.17, 15) is 9.59 Å². The number of esters is 1. The van der Waals surface area contributed by atoms with Crippen molar-refractivity contribution in [2.45, 2.75) is 50.9 Å². The molecule has 0 aromatic carbocycles. The van der Waals surface area contributed by atoms with E-state index in [2.05, 4.69) is 6.08 Å². The molecule has 2 fully saturated rings. The zero-order valence-corrected chi connectivity index (χ0v) is 16.0. The molecule has 2 aliphatic heterocycles. The van der Waals surface area contributed by atoms with Crippen molar-refractivity contribution in [3.05, 3.63) is 23.8 Å². The summed E-state index contributed by atoms with van der Waals surface area (Å²) in [7, 11) is 0. The molecule has 0 radical (unpaired) electrons. The van der Waals surface area contributed by atoms with Gasteiger partial charge in [-0.15, -0.1) is 0 Å². The third-order valence-electron chi connectivity index (χ3n) is 5.10. The average Bonchev–Trinajstić information content (AvgIpc) is 3.12. The molecule has 0 bridgehead atoms. The largest absolute Gasteiger partial charge is 0.459 e. The SMILES string of the molecule is C[C@H](CCC(=O)N1CCOCC1)OC(=O)/C=C/C1=CCCC2(C1)OCCO2. The first-order valence-corrected chi connectivity index (χ1v) is 9.77. The highest BCUT2D eigenvalue weighted by Crippen LogP contribution is 2.36. The number of hydrogen-bond donors (Lipinski definition) is 0. The second-order valence-corrected chi connectivity index (χ2v) is 7.21. The minimum atomic E-state index is -0.508. The van der Waals surface area contributed by atoms with Gasteiger partial charge in [-0.2, -0.15) is 0 Å². The molecular formula is C20H29NO6. The van der Waals surface area contributed by atoms with Crippen LogP contribution in [0.1, 0.15) is 39.0 Å². The van der Waals surface area contributed by atoms with Gasteiger partial charge in [0.15, 0.2) is 5.79 Å². The minimum absolute atomic E-state index is 0.0889. The van der Waals surface area contributed by atoms with Crippen LogP contribution in [0.2, 0.25) is 0 Å². The topological polar surface area (TPSA) is 74.3 Å². The highest BCUT2D eigenvalue weighted by atomic mass is 16.7. The molecule has 0 aromatic heterocycles. The van der Waals surface area contributed by atoms with Crippen molar-refractivity contribution in [1.29, 1.82) is 0 Å². The van der Waals surface area contributed by atoms with Gasteiger partial charge in [0.05, 0.1) is 32.5 Å². The smallest absolute Gasteiger partial charge is 0.331 e. The Labute approximate surface area is 160 Å². The molecule has 3 aliphatic rings. The fourth-order valence-corrected chi connectivity index (χ4v) is 3.59. The standard InChI is InChI=1S/C20H29NO6/c1-16(4-6-18(22)21-9-11-24-12-10-21)27-19(23)7-5-17-3-2-8-20(15-17)25-13-14-26-20/h3,5,7,16H,2,4,6,8-15H2,1H3/b7-5+/t16-/m1/s1. The van der Waals surface area contributed by atoms with Crippen LogP contribution in [0.3, 0.4) is 0 Å². The van der Waals surface area contributed by atoms with Crippen LogP contribution in [-0.2, 0) is 28.5 Å². The molecule has 2 saturated heterocycles. The monoisotopic (exact) mass is 379 g/mol. The second kappa shape index (κ2) is 9.48. The molecule has 1 spiro atoms. The van der Waals surface area contributed by atoms with Crippen LogP contribution in [0.25, 0.3) is 0 Å². The summed E-state index contributed by atoms with van der Waals surface area (Å²) in [5.41, 5.74) is 1.02. The van der Waals surface area contributed by atoms with Crippen molar-refractivity contribution in [3.63, 3.8) is 0 Å². The van der Waals surface area contributed by atoms with Crippen LogP contribution in [0.4, 0.5) is 0 Å². The summed E-state index contributed by atoms with van der Waals surface area (Å²) in [4.78, 5) is 26.0. The maximum atomic E-state index is 12.1. The predicted octanol–water partition coefficient (Wildman–Crippen LogP) is 1.97. The molecule has 2 heterocycles. The average molecular weight is 379 g/mol. The Morgan fingerprint density at radius 1 is 1.26 bits per heavy atom. The molecule has 150 valence electrons. The van der Waals surface area contributed by atoms with Gasteiger partial charge in [0.1, 0.15) is 0 Å². The van der Waals surface area contributed by atoms with Gasteiger partial charge in [0.2, 0.25) is 5.91 Å². The second-order valence-electron chi connectivity index (χ2n) is 7.21. The first kappa shape index (κ1) is 20.0. The van der Waals surface area contributed by atoms with Gasteiger partial charge in [-0.1, -0.05) is 12.2 Å². The maximum Gasteiger partial charge on any atom is 0.331 e. The molecule has 27 heavy (non-hydrogen) atoms. The van der Waals surface area contributed by atoms with E-state index in [1.807, 2.05) is 6.92 Å². The number of morpholine rings is 1. The van der Waals surface area contributed by atoms with Crippen molar-refractivity contribution in [3.8, 4) is 0 Å². The zero-order chi connectivity index (χ0) is 19.1. The Morgan fingerprint density at radius 3 is 2.74 bits per heavy atom. The number of carbonyl (C=O) groups is 2. The lowest BCUT2D eigenvalue weighted by atomic mass is 9.93. The molecule has 1 aliphatic carbocycles. The van der Waals surface area contributed by atoms with Gasteiger partial charge >= 0.3 is 5.97 Å². The van der Waals surface area contributed by atoms with Crippen molar-refractivity contribution in [2.75, 3.05) is 39.5 Å². The van der Waals surface area contributed by atoms with Crippen LogP contribution < -0.4 is 0 Å². The maximum absolute atomic E-state index is 12.1. The van der Waals surface area contributed by atoms with Crippen LogP contribution >= 0.6 is 0 Å². The van der Waals surface area contributed by atoms with Gasteiger partial charge in [-0.25, -0.2) is 4.79 Å². The van der Waals surface area contributed by atoms with E-state index in [0.717, 1.165) is 18.4 Å². The summed E-state index contributed by atoms with van der Waals surface area (Å²) in [6.45, 7) is 5.52. The number of allylic oxidation sites excluding steroid dienone is 2. The Kier molecular flexibility index (Phi) is 7.04. The van der Waals surface area contributed by atoms with Gasteiger partial charge in [0.25, 0.3) is 0 Å². The molecule has 0 saturated carbocycles. The first-order valence-electron chi connectivity index (χ1n) is 9.77. The van der Waals surface area contributed by atoms with Crippen LogP contribution in [0.5, 0.6) is 0 Å². The quantitative estimate of drug-likeness (QED) is 0.519. The Hall–Kier alpha value is -1.70. The molecule has 0 unspecified atom stereocenters. The molecule has 0 N–H and O–H groups in total. The lowest BCUT2D eigenvalue weighted by Crippen LogP contribution is -2.40. The Balaban J connectivity index is 1.38. The lowest BCUT2D eigenvalue weighted by Gasteiger charge is -2.30. The van der Waals surface area contributed by atoms with Gasteiger partial charge in [-0.05, 0) is 25.3 Å². The summed E-state index contributed by atoms with van der Waals surface area (Å²) in [6.07, 6.45) is 8.28. The van der Waals surface area contributed by atoms with Gasteiger partial charge < -0.3 is 23.8 Å². The summed E-state index contributed by atoms with van der Waals surface area (Å²) in [5.74, 6) is -0.813. The van der Waals surface area contributed by atoms with Crippen molar-refractivity contribution < 1.29 is 28.5 Å². The number of rotatable bonds is 6. The van der Waals surface area contributed by atoms with Crippen LogP contribution in [-0.4, -0.2) is 68.2 Å². The van der Waals surface area contributed by atoms with Crippen molar-refractivity contribution in [2.24, 2.45) is 0 Å². The number of nitrogens with zero attached hydrogens (tertiary/aromatic N) is 1. The molecule has 7 nitrogen and oxygen atoms in total. The lowest BCUT2D eigenvalue weighted by molar-refractivity contribution is -0.162. The number of amides is 1. The molecule has 7 heteroatoms. The predicted molar refractivity (Wildman–Crippen MR) is 97.9 cm³/mol. The Bertz CT molecular complexity index is 587. The highest BCUT2D eigenvalue weighted by Gasteiger charge is 2.38. The zero-order valence-electron chi connectivity index (χ0n) is 16.0. The highest BCUT2D eigenvalue weighted by molar-refractivity contribution is 5.82. The molecule has 0 aromatic rings. The molecule has 1 atom stereocenters. The van der Waals surface area contributed by atoms with Gasteiger partial charge in [0, 0.05) is 38.4 Å². The minimum Gasteiger partial charge on any atom is -0.459 e. The summed E-state index contributed by atoms with van der Waals surface area (Å²) in [5, 5.41) is 0.